The molecule has 0 bridgehead atoms. The van der Waals surface area contributed by atoms with Crippen molar-refractivity contribution in [3.05, 3.63) is 47.4 Å². The zero-order chi connectivity index (χ0) is 20.5. The zero-order valence-corrected chi connectivity index (χ0v) is 17.4. The first-order chi connectivity index (χ1) is 13.9. The van der Waals surface area contributed by atoms with Crippen LogP contribution in [0.3, 0.4) is 0 Å². The van der Waals surface area contributed by atoms with Crippen molar-refractivity contribution in [1.82, 2.24) is 19.7 Å². The van der Waals surface area contributed by atoms with Gasteiger partial charge in [-0.05, 0) is 30.2 Å². The van der Waals surface area contributed by atoms with Gasteiger partial charge in [0.1, 0.15) is 9.22 Å². The van der Waals surface area contributed by atoms with Crippen molar-refractivity contribution in [3.8, 4) is 11.1 Å². The van der Waals surface area contributed by atoms with E-state index >= 15 is 0 Å². The molecule has 152 valence electrons. The number of aliphatic hydroxyl groups excluding tert-OH is 1. The fourth-order valence-corrected chi connectivity index (χ4v) is 5.52. The van der Waals surface area contributed by atoms with Gasteiger partial charge in [-0.3, -0.25) is 9.48 Å². The Hall–Kier alpha value is -2.40. The van der Waals surface area contributed by atoms with Crippen LogP contribution in [0.1, 0.15) is 21.8 Å². The SMILES string of the molecule is Cn1cc(-c2cc(C(=O)N3CC[C@@H](O)C3)cc(S(=O)c3cnc(CN)s3)c2)cn1. The van der Waals surface area contributed by atoms with E-state index in [1.54, 1.807) is 34.1 Å². The number of aliphatic hydroxyl groups is 1. The Morgan fingerprint density at radius 3 is 2.79 bits per heavy atom. The monoisotopic (exact) mass is 431 g/mol. The Labute approximate surface area is 174 Å². The molecule has 2 aromatic heterocycles. The molecule has 10 heteroatoms. The van der Waals surface area contributed by atoms with E-state index in [2.05, 4.69) is 10.1 Å². The minimum absolute atomic E-state index is 0.183. The van der Waals surface area contributed by atoms with E-state index in [1.807, 2.05) is 19.3 Å². The molecule has 2 atom stereocenters. The van der Waals surface area contributed by atoms with Crippen LogP contribution >= 0.6 is 11.3 Å². The quantitative estimate of drug-likeness (QED) is 0.631. The van der Waals surface area contributed by atoms with Crippen molar-refractivity contribution >= 4 is 28.0 Å². The molecule has 3 N–H and O–H groups in total. The molecule has 3 aromatic rings. The number of amides is 1. The highest BCUT2D eigenvalue weighted by atomic mass is 32.2. The van der Waals surface area contributed by atoms with Crippen LogP contribution in [0, 0.1) is 0 Å². The van der Waals surface area contributed by atoms with Gasteiger partial charge in [0.15, 0.2) is 0 Å². The first-order valence-electron chi connectivity index (χ1n) is 9.12. The normalized spacial score (nSPS) is 17.6. The lowest BCUT2D eigenvalue weighted by atomic mass is 10.1. The molecule has 1 aromatic carbocycles. The third-order valence-electron chi connectivity index (χ3n) is 4.75. The molecule has 1 saturated heterocycles. The molecule has 1 aliphatic rings. The van der Waals surface area contributed by atoms with Crippen LogP contribution in [0.25, 0.3) is 11.1 Å². The number of hydrogen-bond acceptors (Lipinski definition) is 7. The largest absolute Gasteiger partial charge is 0.391 e. The first kappa shape index (κ1) is 19.9. The molecular weight excluding hydrogens is 410 g/mol. The Morgan fingerprint density at radius 1 is 1.34 bits per heavy atom. The predicted molar refractivity (Wildman–Crippen MR) is 110 cm³/mol. The minimum Gasteiger partial charge on any atom is -0.391 e. The summed E-state index contributed by atoms with van der Waals surface area (Å²) in [7, 11) is 0.327. The lowest BCUT2D eigenvalue weighted by molar-refractivity contribution is 0.0765. The van der Waals surface area contributed by atoms with Gasteiger partial charge < -0.3 is 15.7 Å². The number of β-amino-alcohol motifs (C(OH)–C–C–N with tert-alkyl or cyclic N) is 1. The fraction of sp³-hybridized carbons (Fsp3) is 0.316. The second-order valence-electron chi connectivity index (χ2n) is 6.89. The molecule has 1 unspecified atom stereocenters. The molecule has 4 rings (SSSR count). The van der Waals surface area contributed by atoms with E-state index in [1.165, 1.54) is 11.3 Å². The topological polar surface area (TPSA) is 114 Å². The van der Waals surface area contributed by atoms with Crippen molar-refractivity contribution in [3.63, 3.8) is 0 Å². The fourth-order valence-electron chi connectivity index (χ4n) is 3.27. The molecule has 29 heavy (non-hydrogen) atoms. The van der Waals surface area contributed by atoms with Crippen molar-refractivity contribution in [2.45, 2.75) is 28.2 Å². The second kappa shape index (κ2) is 8.15. The second-order valence-corrected chi connectivity index (χ2v) is 9.71. The summed E-state index contributed by atoms with van der Waals surface area (Å²) in [4.78, 5) is 19.3. The Bertz CT molecular complexity index is 1080. The van der Waals surface area contributed by atoms with Gasteiger partial charge in [0.25, 0.3) is 5.91 Å². The summed E-state index contributed by atoms with van der Waals surface area (Å²) < 4.78 is 15.4. The number of rotatable bonds is 5. The highest BCUT2D eigenvalue weighted by Gasteiger charge is 2.26. The maximum absolute atomic E-state index is 13.2. The van der Waals surface area contributed by atoms with Crippen LogP contribution in [-0.4, -0.2) is 54.1 Å². The van der Waals surface area contributed by atoms with Crippen molar-refractivity contribution in [2.75, 3.05) is 13.1 Å². The highest BCUT2D eigenvalue weighted by molar-refractivity contribution is 7.87. The molecule has 1 fully saturated rings. The maximum Gasteiger partial charge on any atom is 0.254 e. The lowest BCUT2D eigenvalue weighted by Crippen LogP contribution is -2.29. The highest BCUT2D eigenvalue weighted by Crippen LogP contribution is 2.29. The van der Waals surface area contributed by atoms with Gasteiger partial charge in [-0.2, -0.15) is 5.10 Å². The van der Waals surface area contributed by atoms with Gasteiger partial charge in [-0.1, -0.05) is 0 Å². The summed E-state index contributed by atoms with van der Waals surface area (Å²) in [5.41, 5.74) is 7.64. The summed E-state index contributed by atoms with van der Waals surface area (Å²) in [6.07, 6.45) is 5.18. The number of thiazole rings is 1. The van der Waals surface area contributed by atoms with E-state index in [4.69, 9.17) is 5.73 Å². The lowest BCUT2D eigenvalue weighted by Gasteiger charge is -2.17. The van der Waals surface area contributed by atoms with Gasteiger partial charge in [0, 0.05) is 48.9 Å². The van der Waals surface area contributed by atoms with E-state index in [-0.39, 0.29) is 5.91 Å². The molecule has 1 amide bonds. The average Bonchev–Trinajstić information content (AvgIpc) is 3.47. The van der Waals surface area contributed by atoms with Gasteiger partial charge >= 0.3 is 0 Å². The third kappa shape index (κ3) is 4.15. The number of hydrogen-bond donors (Lipinski definition) is 2. The third-order valence-corrected chi connectivity index (χ3v) is 7.40. The number of carbonyl (C=O) groups is 1. The molecule has 0 saturated carbocycles. The number of benzene rings is 1. The van der Waals surface area contributed by atoms with Crippen LogP contribution in [0.5, 0.6) is 0 Å². The molecule has 0 aliphatic carbocycles. The van der Waals surface area contributed by atoms with E-state index in [9.17, 15) is 14.1 Å². The number of carbonyl (C=O) groups excluding carboxylic acids is 1. The van der Waals surface area contributed by atoms with Crippen LogP contribution in [-0.2, 0) is 24.4 Å². The summed E-state index contributed by atoms with van der Waals surface area (Å²) in [5, 5.41) is 14.7. The smallest absolute Gasteiger partial charge is 0.254 e. The minimum atomic E-state index is -1.49. The zero-order valence-electron chi connectivity index (χ0n) is 15.8. The van der Waals surface area contributed by atoms with Crippen molar-refractivity contribution in [2.24, 2.45) is 12.8 Å². The summed E-state index contributed by atoms with van der Waals surface area (Å²) in [6.45, 7) is 1.10. The number of nitrogens with two attached hydrogens (primary N) is 1. The molecule has 1 aliphatic heterocycles. The van der Waals surface area contributed by atoms with Gasteiger partial charge in [-0.15, -0.1) is 11.3 Å². The van der Waals surface area contributed by atoms with Gasteiger partial charge in [0.05, 0.1) is 29.3 Å². The van der Waals surface area contributed by atoms with E-state index in [0.29, 0.717) is 45.7 Å². The average molecular weight is 432 g/mol. The summed E-state index contributed by atoms with van der Waals surface area (Å²) in [5.74, 6) is -0.183. The Morgan fingerprint density at radius 2 is 2.17 bits per heavy atom. The molecule has 0 radical (unpaired) electrons. The van der Waals surface area contributed by atoms with Crippen molar-refractivity contribution in [1.29, 1.82) is 0 Å². The predicted octanol–water partition coefficient (Wildman–Crippen LogP) is 1.38. The number of nitrogens with zero attached hydrogens (tertiary/aromatic N) is 4. The summed E-state index contributed by atoms with van der Waals surface area (Å²) >= 11 is 1.30. The van der Waals surface area contributed by atoms with Crippen LogP contribution in [0.15, 0.2) is 45.9 Å². The van der Waals surface area contributed by atoms with E-state index in [0.717, 1.165) is 11.1 Å². The Kier molecular flexibility index (Phi) is 5.59. The number of likely N-dealkylation sites (tertiary alicyclic amines) is 1. The van der Waals surface area contributed by atoms with Crippen LogP contribution in [0.2, 0.25) is 0 Å². The van der Waals surface area contributed by atoms with Gasteiger partial charge in [-0.25, -0.2) is 9.19 Å². The number of aryl methyl sites for hydroxylation is 1. The summed E-state index contributed by atoms with van der Waals surface area (Å²) in [6, 6.07) is 5.25. The number of aromatic nitrogens is 3. The van der Waals surface area contributed by atoms with Gasteiger partial charge in [0.2, 0.25) is 0 Å². The van der Waals surface area contributed by atoms with Crippen LogP contribution < -0.4 is 5.73 Å². The van der Waals surface area contributed by atoms with E-state index < -0.39 is 16.9 Å². The standard InChI is InChI=1S/C19H21N5O3S2/c1-23-10-14(8-22-23)12-4-13(19(26)24-3-2-15(25)11-24)6-16(5-12)29(27)18-9-21-17(7-20)28-18/h4-6,8-10,15,25H,2-3,7,11,20H2,1H3/t15-,29?/m1/s1. The molecule has 3 heterocycles. The molecule has 8 nitrogen and oxygen atoms in total. The maximum atomic E-state index is 13.2. The molecule has 0 spiro atoms. The first-order valence-corrected chi connectivity index (χ1v) is 11.1. The molecular formula is C19H21N5O3S2. The van der Waals surface area contributed by atoms with Crippen molar-refractivity contribution < 1.29 is 14.1 Å². The van der Waals surface area contributed by atoms with Crippen LogP contribution in [0.4, 0.5) is 0 Å². The Balaban J connectivity index is 1.75.